The molecule has 0 amide bonds. The third-order valence-electron chi connectivity index (χ3n) is 1.31. The highest BCUT2D eigenvalue weighted by atomic mass is 16.5. The molecule has 0 saturated carbocycles. The van der Waals surface area contributed by atoms with Gasteiger partial charge in [0.15, 0.2) is 0 Å². The maximum atomic E-state index is 8.31. The Morgan fingerprint density at radius 3 is 2.73 bits per heavy atom. The first-order valence-corrected chi connectivity index (χ1v) is 3.94. The quantitative estimate of drug-likeness (QED) is 0.423. The molecule has 0 spiro atoms. The Balaban J connectivity index is 3.05. The van der Waals surface area contributed by atoms with Gasteiger partial charge in [-0.15, -0.1) is 0 Å². The monoisotopic (exact) mass is 156 g/mol. The number of hydrogen-bond donors (Lipinski definition) is 0. The second-order valence-electron chi connectivity index (χ2n) is 2.51. The molecular formula is C8H16N2O. The minimum atomic E-state index is 0.482. The number of hydrogen-bond acceptors (Lipinski definition) is 3. The summed E-state index contributed by atoms with van der Waals surface area (Å²) in [6.07, 6.45) is 1.06. The van der Waals surface area contributed by atoms with E-state index >= 15 is 0 Å². The molecule has 0 radical (unpaired) electrons. The van der Waals surface area contributed by atoms with Gasteiger partial charge in [0.2, 0.25) is 0 Å². The molecule has 0 aromatic heterocycles. The summed E-state index contributed by atoms with van der Waals surface area (Å²) in [5.41, 5.74) is 0. The van der Waals surface area contributed by atoms with Gasteiger partial charge in [0, 0.05) is 13.2 Å². The van der Waals surface area contributed by atoms with E-state index in [-0.39, 0.29) is 0 Å². The van der Waals surface area contributed by atoms with E-state index in [0.29, 0.717) is 6.54 Å². The molecule has 3 heteroatoms. The van der Waals surface area contributed by atoms with Crippen LogP contribution in [-0.4, -0.2) is 38.3 Å². The van der Waals surface area contributed by atoms with Crippen LogP contribution in [0.4, 0.5) is 0 Å². The molecule has 64 valence electrons. The number of ether oxygens (including phenoxy) is 1. The highest BCUT2D eigenvalue weighted by Crippen LogP contribution is 1.83. The molecule has 0 aliphatic carbocycles. The van der Waals surface area contributed by atoms with E-state index in [1.54, 1.807) is 0 Å². The van der Waals surface area contributed by atoms with Gasteiger partial charge in [0.25, 0.3) is 0 Å². The van der Waals surface area contributed by atoms with Gasteiger partial charge in [0.1, 0.15) is 0 Å². The summed E-state index contributed by atoms with van der Waals surface area (Å²) >= 11 is 0. The van der Waals surface area contributed by atoms with Crippen LogP contribution < -0.4 is 0 Å². The minimum absolute atomic E-state index is 0.482. The molecule has 11 heavy (non-hydrogen) atoms. The number of rotatable bonds is 6. The zero-order valence-corrected chi connectivity index (χ0v) is 7.34. The fourth-order valence-electron chi connectivity index (χ4n) is 0.667. The van der Waals surface area contributed by atoms with Gasteiger partial charge in [-0.25, -0.2) is 0 Å². The van der Waals surface area contributed by atoms with E-state index in [4.69, 9.17) is 10.00 Å². The zero-order chi connectivity index (χ0) is 8.53. The van der Waals surface area contributed by atoms with Crippen molar-refractivity contribution in [1.82, 2.24) is 4.90 Å². The van der Waals surface area contributed by atoms with Crippen LogP contribution in [0.3, 0.4) is 0 Å². The van der Waals surface area contributed by atoms with Crippen molar-refractivity contribution >= 4 is 0 Å². The highest BCUT2D eigenvalue weighted by molar-refractivity contribution is 4.73. The summed E-state index contributed by atoms with van der Waals surface area (Å²) in [6.45, 7) is 4.95. The van der Waals surface area contributed by atoms with Gasteiger partial charge in [-0.05, 0) is 13.5 Å². The molecule has 0 N–H and O–H groups in total. The van der Waals surface area contributed by atoms with Crippen LogP contribution in [0.15, 0.2) is 0 Å². The predicted octanol–water partition coefficient (Wildman–Crippen LogP) is 0.868. The first-order chi connectivity index (χ1) is 5.31. The van der Waals surface area contributed by atoms with E-state index in [1.807, 2.05) is 11.9 Å². The van der Waals surface area contributed by atoms with Crippen molar-refractivity contribution in [1.29, 1.82) is 5.26 Å². The Morgan fingerprint density at radius 1 is 1.45 bits per heavy atom. The van der Waals surface area contributed by atoms with Gasteiger partial charge in [-0.3, -0.25) is 4.90 Å². The van der Waals surface area contributed by atoms with Gasteiger partial charge >= 0.3 is 0 Å². The predicted molar refractivity (Wildman–Crippen MR) is 44.2 cm³/mol. The summed E-state index contributed by atoms with van der Waals surface area (Å²) in [5, 5.41) is 8.31. The first-order valence-electron chi connectivity index (χ1n) is 3.94. The van der Waals surface area contributed by atoms with Crippen molar-refractivity contribution in [2.24, 2.45) is 0 Å². The van der Waals surface area contributed by atoms with E-state index < -0.39 is 0 Å². The van der Waals surface area contributed by atoms with Crippen molar-refractivity contribution in [2.45, 2.75) is 13.3 Å². The van der Waals surface area contributed by atoms with Crippen LogP contribution in [-0.2, 0) is 4.74 Å². The van der Waals surface area contributed by atoms with Crippen LogP contribution in [0.1, 0.15) is 13.3 Å². The Bertz CT molecular complexity index is 120. The third-order valence-corrected chi connectivity index (χ3v) is 1.31. The van der Waals surface area contributed by atoms with Crippen LogP contribution >= 0.6 is 0 Å². The van der Waals surface area contributed by atoms with Gasteiger partial charge in [0.05, 0.1) is 19.2 Å². The number of nitriles is 1. The molecule has 0 unspecified atom stereocenters. The summed E-state index contributed by atoms with van der Waals surface area (Å²) in [6, 6.07) is 2.08. The molecule has 0 rings (SSSR count). The SMILES string of the molecule is CCCOCCN(C)CC#N. The number of nitrogens with zero attached hydrogens (tertiary/aromatic N) is 2. The standard InChI is InChI=1S/C8H16N2O/c1-3-7-11-8-6-10(2)5-4-9/h3,5-8H2,1-2H3. The van der Waals surface area contributed by atoms with Crippen LogP contribution in [0.25, 0.3) is 0 Å². The summed E-state index contributed by atoms with van der Waals surface area (Å²) in [7, 11) is 1.92. The maximum absolute atomic E-state index is 8.31. The van der Waals surface area contributed by atoms with Crippen LogP contribution in [0, 0.1) is 11.3 Å². The lowest BCUT2D eigenvalue weighted by Crippen LogP contribution is -2.23. The van der Waals surface area contributed by atoms with Crippen molar-refractivity contribution in [2.75, 3.05) is 33.4 Å². The Hall–Kier alpha value is -0.590. The molecular weight excluding hydrogens is 140 g/mol. The van der Waals surface area contributed by atoms with Gasteiger partial charge < -0.3 is 4.74 Å². The molecule has 0 heterocycles. The number of likely N-dealkylation sites (N-methyl/N-ethyl adjacent to an activating group) is 1. The summed E-state index contributed by atoms with van der Waals surface area (Å²) < 4.78 is 5.25. The Labute approximate surface area is 68.6 Å². The molecule has 0 atom stereocenters. The average molecular weight is 156 g/mol. The molecule has 0 aromatic rings. The lowest BCUT2D eigenvalue weighted by molar-refractivity contribution is 0.115. The second-order valence-corrected chi connectivity index (χ2v) is 2.51. The maximum Gasteiger partial charge on any atom is 0.0864 e. The lowest BCUT2D eigenvalue weighted by atomic mass is 10.5. The fraction of sp³-hybridized carbons (Fsp3) is 0.875. The summed E-state index contributed by atoms with van der Waals surface area (Å²) in [5.74, 6) is 0. The van der Waals surface area contributed by atoms with E-state index in [0.717, 1.165) is 26.2 Å². The van der Waals surface area contributed by atoms with E-state index in [2.05, 4.69) is 13.0 Å². The summed E-state index contributed by atoms with van der Waals surface area (Å²) in [4.78, 5) is 1.94. The largest absolute Gasteiger partial charge is 0.380 e. The molecule has 0 aromatic carbocycles. The molecule has 0 aliphatic heterocycles. The van der Waals surface area contributed by atoms with E-state index in [9.17, 15) is 0 Å². The lowest BCUT2D eigenvalue weighted by Gasteiger charge is -2.11. The van der Waals surface area contributed by atoms with Crippen molar-refractivity contribution in [3.8, 4) is 6.07 Å². The van der Waals surface area contributed by atoms with Crippen molar-refractivity contribution in [3.63, 3.8) is 0 Å². The van der Waals surface area contributed by atoms with Gasteiger partial charge in [-0.2, -0.15) is 5.26 Å². The first kappa shape index (κ1) is 10.4. The molecule has 0 saturated heterocycles. The van der Waals surface area contributed by atoms with E-state index in [1.165, 1.54) is 0 Å². The smallest absolute Gasteiger partial charge is 0.0864 e. The Morgan fingerprint density at radius 2 is 2.18 bits per heavy atom. The van der Waals surface area contributed by atoms with Gasteiger partial charge in [-0.1, -0.05) is 6.92 Å². The third kappa shape index (κ3) is 7.31. The van der Waals surface area contributed by atoms with Crippen molar-refractivity contribution in [3.05, 3.63) is 0 Å². The second kappa shape index (κ2) is 7.52. The Kier molecular flexibility index (Phi) is 7.11. The highest BCUT2D eigenvalue weighted by Gasteiger charge is 1.94. The van der Waals surface area contributed by atoms with Crippen LogP contribution in [0.5, 0.6) is 0 Å². The molecule has 3 nitrogen and oxygen atoms in total. The van der Waals surface area contributed by atoms with Crippen molar-refractivity contribution < 1.29 is 4.74 Å². The molecule has 0 aliphatic rings. The zero-order valence-electron chi connectivity index (χ0n) is 7.34. The minimum Gasteiger partial charge on any atom is -0.380 e. The topological polar surface area (TPSA) is 36.3 Å². The van der Waals surface area contributed by atoms with Crippen LogP contribution in [0.2, 0.25) is 0 Å². The fourth-order valence-corrected chi connectivity index (χ4v) is 0.667. The normalized spacial score (nSPS) is 10.0. The molecule has 0 fully saturated rings. The average Bonchev–Trinajstić information content (AvgIpc) is 1.99. The molecule has 0 bridgehead atoms.